The van der Waals surface area contributed by atoms with Crippen molar-refractivity contribution >= 4 is 0 Å². The fourth-order valence-electron chi connectivity index (χ4n) is 1.07. The monoisotopic (exact) mass is 195 g/mol. The van der Waals surface area contributed by atoms with E-state index in [9.17, 15) is 9.50 Å². The van der Waals surface area contributed by atoms with Crippen LogP contribution in [0.4, 0.5) is 4.39 Å². The first-order valence-electron chi connectivity index (χ1n) is 4.05. The van der Waals surface area contributed by atoms with Gasteiger partial charge in [-0.05, 0) is 30.2 Å². The smallest absolute Gasteiger partial charge is 0.123 e. The molecule has 14 heavy (non-hydrogen) atoms. The molecule has 1 unspecified atom stereocenters. The molecule has 0 bridgehead atoms. The summed E-state index contributed by atoms with van der Waals surface area (Å²) in [5.74, 6) is -0.367. The maximum Gasteiger partial charge on any atom is 0.123 e. The Balaban J connectivity index is 2.91. The Bertz CT molecular complexity index is 355. The molecular formula is C9H10FN3O. The number of benzene rings is 1. The van der Waals surface area contributed by atoms with Crippen molar-refractivity contribution in [2.75, 3.05) is 6.54 Å². The van der Waals surface area contributed by atoms with Gasteiger partial charge in [0, 0.05) is 4.91 Å². The van der Waals surface area contributed by atoms with Crippen molar-refractivity contribution in [3.05, 3.63) is 46.1 Å². The largest absolute Gasteiger partial charge is 0.385 e. The highest BCUT2D eigenvalue weighted by Gasteiger charge is 2.21. The molecule has 0 aromatic heterocycles. The molecule has 0 spiro atoms. The minimum absolute atomic E-state index is 0.0743. The number of hydrogen-bond acceptors (Lipinski definition) is 2. The third-order valence-electron chi connectivity index (χ3n) is 1.91. The van der Waals surface area contributed by atoms with Crippen molar-refractivity contribution in [2.24, 2.45) is 5.11 Å². The zero-order chi connectivity index (χ0) is 10.6. The Hall–Kier alpha value is -1.58. The molecule has 74 valence electrons. The van der Waals surface area contributed by atoms with E-state index < -0.39 is 5.60 Å². The van der Waals surface area contributed by atoms with Gasteiger partial charge in [-0.2, -0.15) is 0 Å². The van der Waals surface area contributed by atoms with Gasteiger partial charge in [0.15, 0.2) is 0 Å². The second-order valence-electron chi connectivity index (χ2n) is 3.17. The van der Waals surface area contributed by atoms with Crippen molar-refractivity contribution in [3.63, 3.8) is 0 Å². The third-order valence-corrected chi connectivity index (χ3v) is 1.91. The van der Waals surface area contributed by atoms with E-state index in [0.717, 1.165) is 0 Å². The predicted octanol–water partition coefficient (Wildman–Crippen LogP) is 2.34. The summed E-state index contributed by atoms with van der Waals surface area (Å²) >= 11 is 0. The van der Waals surface area contributed by atoms with E-state index in [2.05, 4.69) is 10.0 Å². The fourth-order valence-corrected chi connectivity index (χ4v) is 1.07. The van der Waals surface area contributed by atoms with Crippen LogP contribution in [0.1, 0.15) is 12.5 Å². The highest BCUT2D eigenvalue weighted by molar-refractivity contribution is 5.22. The molecule has 1 rings (SSSR count). The van der Waals surface area contributed by atoms with Crippen molar-refractivity contribution in [1.82, 2.24) is 0 Å². The van der Waals surface area contributed by atoms with E-state index >= 15 is 0 Å². The van der Waals surface area contributed by atoms with Gasteiger partial charge in [0.05, 0.1) is 12.1 Å². The Morgan fingerprint density at radius 2 is 2.07 bits per heavy atom. The molecule has 5 heteroatoms. The van der Waals surface area contributed by atoms with Gasteiger partial charge in [0.2, 0.25) is 0 Å². The molecule has 0 amide bonds. The Labute approximate surface area is 80.6 Å². The molecule has 1 aromatic carbocycles. The second kappa shape index (κ2) is 4.09. The van der Waals surface area contributed by atoms with E-state index in [4.69, 9.17) is 5.53 Å². The molecule has 1 N–H and O–H groups in total. The zero-order valence-electron chi connectivity index (χ0n) is 7.68. The van der Waals surface area contributed by atoms with Crippen molar-refractivity contribution in [1.29, 1.82) is 0 Å². The first-order valence-corrected chi connectivity index (χ1v) is 4.05. The summed E-state index contributed by atoms with van der Waals surface area (Å²) in [6, 6.07) is 5.42. The standard InChI is InChI=1S/C9H10FN3O/c1-9(14,6-12-13-11)7-2-4-8(10)5-3-7/h2-5,14H,6H2,1H3. The zero-order valence-corrected chi connectivity index (χ0v) is 7.68. The lowest BCUT2D eigenvalue weighted by Crippen LogP contribution is -2.24. The van der Waals surface area contributed by atoms with Gasteiger partial charge in [-0.25, -0.2) is 4.39 Å². The Kier molecular flexibility index (Phi) is 3.06. The normalized spacial score (nSPS) is 14.2. The van der Waals surface area contributed by atoms with E-state index in [-0.39, 0.29) is 12.4 Å². The highest BCUT2D eigenvalue weighted by Crippen LogP contribution is 2.20. The minimum Gasteiger partial charge on any atom is -0.385 e. The molecule has 0 aliphatic rings. The van der Waals surface area contributed by atoms with Gasteiger partial charge < -0.3 is 5.11 Å². The van der Waals surface area contributed by atoms with Gasteiger partial charge >= 0.3 is 0 Å². The van der Waals surface area contributed by atoms with Gasteiger partial charge in [0.25, 0.3) is 0 Å². The quantitative estimate of drug-likeness (QED) is 0.449. The third kappa shape index (κ3) is 2.45. The molecule has 0 heterocycles. The second-order valence-corrected chi connectivity index (χ2v) is 3.17. The molecule has 0 aliphatic heterocycles. The van der Waals surface area contributed by atoms with Gasteiger partial charge in [-0.3, -0.25) is 0 Å². The topological polar surface area (TPSA) is 69.0 Å². The lowest BCUT2D eigenvalue weighted by Gasteiger charge is -2.21. The summed E-state index contributed by atoms with van der Waals surface area (Å²) in [7, 11) is 0. The van der Waals surface area contributed by atoms with Crippen LogP contribution in [0, 0.1) is 5.82 Å². The van der Waals surface area contributed by atoms with Gasteiger partial charge in [-0.15, -0.1) is 0 Å². The van der Waals surface area contributed by atoms with Crippen LogP contribution in [-0.2, 0) is 5.60 Å². The molecule has 1 aromatic rings. The minimum atomic E-state index is -1.25. The lowest BCUT2D eigenvalue weighted by molar-refractivity contribution is 0.0669. The fraction of sp³-hybridized carbons (Fsp3) is 0.333. The van der Waals surface area contributed by atoms with Crippen LogP contribution in [0.3, 0.4) is 0 Å². The molecule has 0 radical (unpaired) electrons. The van der Waals surface area contributed by atoms with Crippen LogP contribution in [-0.4, -0.2) is 11.7 Å². The van der Waals surface area contributed by atoms with Gasteiger partial charge in [0.1, 0.15) is 5.82 Å². The van der Waals surface area contributed by atoms with Crippen molar-refractivity contribution < 1.29 is 9.50 Å². The summed E-state index contributed by atoms with van der Waals surface area (Å²) in [5.41, 5.74) is 7.38. The summed E-state index contributed by atoms with van der Waals surface area (Å²) in [6.07, 6.45) is 0. The molecule has 0 saturated heterocycles. The van der Waals surface area contributed by atoms with Crippen molar-refractivity contribution in [2.45, 2.75) is 12.5 Å². The number of hydrogen-bond donors (Lipinski definition) is 1. The lowest BCUT2D eigenvalue weighted by atomic mass is 9.96. The van der Waals surface area contributed by atoms with E-state index in [1.165, 1.54) is 31.2 Å². The van der Waals surface area contributed by atoms with E-state index in [1.54, 1.807) is 0 Å². The Morgan fingerprint density at radius 3 is 2.57 bits per heavy atom. The number of halogens is 1. The summed E-state index contributed by atoms with van der Waals surface area (Å²) < 4.78 is 12.6. The van der Waals surface area contributed by atoms with Crippen LogP contribution in [0.15, 0.2) is 29.4 Å². The maximum absolute atomic E-state index is 12.6. The maximum atomic E-state index is 12.6. The predicted molar refractivity (Wildman–Crippen MR) is 50.0 cm³/mol. The summed E-state index contributed by atoms with van der Waals surface area (Å²) in [4.78, 5) is 2.55. The number of aliphatic hydroxyl groups is 1. The van der Waals surface area contributed by atoms with Crippen LogP contribution in [0.25, 0.3) is 10.4 Å². The highest BCUT2D eigenvalue weighted by atomic mass is 19.1. The van der Waals surface area contributed by atoms with Crippen LogP contribution in [0.5, 0.6) is 0 Å². The van der Waals surface area contributed by atoms with Crippen LogP contribution < -0.4 is 0 Å². The summed E-state index contributed by atoms with van der Waals surface area (Å²) in [5, 5.41) is 13.1. The van der Waals surface area contributed by atoms with Crippen molar-refractivity contribution in [3.8, 4) is 0 Å². The number of rotatable bonds is 3. The van der Waals surface area contributed by atoms with Crippen LogP contribution in [0.2, 0.25) is 0 Å². The molecular weight excluding hydrogens is 185 g/mol. The summed E-state index contributed by atoms with van der Waals surface area (Å²) in [6.45, 7) is 1.43. The number of nitrogens with zero attached hydrogens (tertiary/aromatic N) is 3. The Morgan fingerprint density at radius 1 is 1.50 bits per heavy atom. The number of azide groups is 1. The molecule has 0 saturated carbocycles. The first kappa shape index (κ1) is 10.5. The molecule has 4 nitrogen and oxygen atoms in total. The van der Waals surface area contributed by atoms with E-state index in [0.29, 0.717) is 5.56 Å². The van der Waals surface area contributed by atoms with Crippen LogP contribution >= 0.6 is 0 Å². The average Bonchev–Trinajstić information content (AvgIpc) is 2.16. The molecule has 0 fully saturated rings. The SMILES string of the molecule is CC(O)(CN=[N+]=[N-])c1ccc(F)cc1. The van der Waals surface area contributed by atoms with E-state index in [1.807, 2.05) is 0 Å². The molecule has 0 aliphatic carbocycles. The van der Waals surface area contributed by atoms with Gasteiger partial charge in [-0.1, -0.05) is 17.2 Å². The molecule has 1 atom stereocenters. The average molecular weight is 195 g/mol. The first-order chi connectivity index (χ1) is 6.56.